The molecule has 3 unspecified atom stereocenters. The van der Waals surface area contributed by atoms with Crippen LogP contribution >= 0.6 is 0 Å². The van der Waals surface area contributed by atoms with Crippen LogP contribution in [0.5, 0.6) is 17.2 Å². The minimum atomic E-state index is -0.978. The topological polar surface area (TPSA) is 232 Å². The summed E-state index contributed by atoms with van der Waals surface area (Å²) in [7, 11) is -0.842. The highest BCUT2D eigenvalue weighted by molar-refractivity contribution is 6.48. The third kappa shape index (κ3) is 12.0. The number of phenolic OH excluding ortho intramolecular Hbond substituents is 2. The van der Waals surface area contributed by atoms with Crippen molar-refractivity contribution in [2.24, 2.45) is 5.92 Å². The molecule has 3 atom stereocenters. The van der Waals surface area contributed by atoms with Gasteiger partial charge in [-0.2, -0.15) is 0 Å². The number of carbonyl (C=O) groups excluding carboxylic acids is 4. The first kappa shape index (κ1) is 53.7. The Hall–Kier alpha value is -7.64. The Balaban J connectivity index is 0.904. The van der Waals surface area contributed by atoms with Crippen LogP contribution < -0.4 is 20.7 Å². The zero-order chi connectivity index (χ0) is 53.6. The van der Waals surface area contributed by atoms with Gasteiger partial charge >= 0.3 is 7.12 Å². The van der Waals surface area contributed by atoms with E-state index in [0.717, 1.165) is 11.1 Å². The highest BCUT2D eigenvalue weighted by Crippen LogP contribution is 2.46. The highest BCUT2D eigenvalue weighted by Gasteiger charge is 2.57. The number of phenols is 2. The van der Waals surface area contributed by atoms with Crippen molar-refractivity contribution in [1.82, 2.24) is 45.6 Å². The normalized spacial score (nSPS) is 17.4. The van der Waals surface area contributed by atoms with Crippen LogP contribution in [0.25, 0.3) is 17.1 Å². The van der Waals surface area contributed by atoms with Crippen molar-refractivity contribution in [2.45, 2.75) is 116 Å². The van der Waals surface area contributed by atoms with Gasteiger partial charge in [0.05, 0.1) is 23.3 Å². The van der Waals surface area contributed by atoms with Crippen molar-refractivity contribution in [3.8, 4) is 34.3 Å². The Labute approximate surface area is 437 Å². The molecule has 392 valence electrons. The van der Waals surface area contributed by atoms with Crippen LogP contribution in [-0.4, -0.2) is 114 Å². The summed E-state index contributed by atoms with van der Waals surface area (Å²) < 4.78 is 21.5. The van der Waals surface area contributed by atoms with E-state index in [0.29, 0.717) is 67.0 Å². The Morgan fingerprint density at radius 3 is 2.19 bits per heavy atom. The zero-order valence-corrected chi connectivity index (χ0v) is 43.7. The Kier molecular flexibility index (Phi) is 16.4. The predicted molar refractivity (Wildman–Crippen MR) is 282 cm³/mol. The number of benzene rings is 4. The van der Waals surface area contributed by atoms with Gasteiger partial charge in [0, 0.05) is 68.6 Å². The second-order valence-electron chi connectivity index (χ2n) is 20.5. The Bertz CT molecular complexity index is 2970. The molecule has 19 heteroatoms. The molecule has 0 radical (unpaired) electrons. The summed E-state index contributed by atoms with van der Waals surface area (Å²) in [6, 6.07) is 26.0. The lowest BCUT2D eigenvalue weighted by Gasteiger charge is -2.37. The number of likely N-dealkylation sites (tertiary alicyclic amines) is 1. The molecule has 8 rings (SSSR count). The third-order valence-corrected chi connectivity index (χ3v) is 14.0. The van der Waals surface area contributed by atoms with Crippen molar-refractivity contribution in [1.29, 1.82) is 0 Å². The van der Waals surface area contributed by atoms with Crippen LogP contribution in [0, 0.1) is 5.92 Å². The van der Waals surface area contributed by atoms with Gasteiger partial charge in [0.25, 0.3) is 17.7 Å². The second kappa shape index (κ2) is 22.9. The van der Waals surface area contributed by atoms with Gasteiger partial charge < -0.3 is 45.1 Å². The Morgan fingerprint density at radius 2 is 1.55 bits per heavy atom. The van der Waals surface area contributed by atoms with Crippen LogP contribution in [0.4, 0.5) is 0 Å². The predicted octanol–water partition coefficient (Wildman–Crippen LogP) is 7.33. The SMILES string of the molecule is CCNC(=O)c1nnc(-c2cc(C(C)C)c(O)cc2O)n1-c1ccc(OC2CCN(C(=O)c3ccc(C4(C)OB(C(CC(C)C)NC(=O)C(Cc5ccccc5)NC(=O)c5cnccn5)OC4(C)C)cc3)CC2)cc1. The summed E-state index contributed by atoms with van der Waals surface area (Å²) in [5.74, 6) is -1.31. The number of piperidine rings is 1. The van der Waals surface area contributed by atoms with E-state index in [9.17, 15) is 29.4 Å². The molecule has 0 spiro atoms. The molecule has 4 amide bonds. The summed E-state index contributed by atoms with van der Waals surface area (Å²) in [6.45, 7) is 17.0. The number of ether oxygens (including phenoxy) is 1. The van der Waals surface area contributed by atoms with Crippen molar-refractivity contribution < 1.29 is 43.4 Å². The van der Waals surface area contributed by atoms with E-state index >= 15 is 0 Å². The van der Waals surface area contributed by atoms with E-state index in [4.69, 9.17) is 14.0 Å². The number of hydrogen-bond acceptors (Lipinski definition) is 13. The summed E-state index contributed by atoms with van der Waals surface area (Å²) in [6.07, 6.45) is 6.08. The first-order valence-electron chi connectivity index (χ1n) is 25.6. The van der Waals surface area contributed by atoms with Gasteiger partial charge in [0.2, 0.25) is 11.7 Å². The maximum Gasteiger partial charge on any atom is 0.482 e. The minimum absolute atomic E-state index is 0.0289. The molecular formula is C56H66BN9O9. The first-order chi connectivity index (χ1) is 35.8. The fourth-order valence-electron chi connectivity index (χ4n) is 9.60. The number of carbonyl (C=O) groups is 4. The lowest BCUT2D eigenvalue weighted by atomic mass is 9.73. The van der Waals surface area contributed by atoms with Crippen LogP contribution in [-0.2, 0) is 26.1 Å². The van der Waals surface area contributed by atoms with Gasteiger partial charge in [-0.15, -0.1) is 10.2 Å². The van der Waals surface area contributed by atoms with E-state index < -0.39 is 48.0 Å². The molecule has 75 heavy (non-hydrogen) atoms. The number of aromatic nitrogens is 5. The van der Waals surface area contributed by atoms with Crippen molar-refractivity contribution >= 4 is 30.7 Å². The van der Waals surface area contributed by atoms with Gasteiger partial charge in [-0.25, -0.2) is 4.98 Å². The molecule has 2 aromatic heterocycles. The smallest absolute Gasteiger partial charge is 0.482 e. The molecule has 2 aliphatic rings. The largest absolute Gasteiger partial charge is 0.508 e. The van der Waals surface area contributed by atoms with Crippen LogP contribution in [0.15, 0.2) is 110 Å². The quantitative estimate of drug-likeness (QED) is 0.0532. The van der Waals surface area contributed by atoms with Gasteiger partial charge in [0.1, 0.15) is 40.7 Å². The standard InChI is InChI=1S/C56H66BN9O9/c1-9-59-53(71)50-64-63-49(43-31-42(35(4)5)46(67)32-47(43)68)66(50)39-19-21-40(22-20-39)73-41-23-27-65(28-24-41)54(72)37-15-17-38(18-16-37)56(8)55(6,7)74-57(75-56)48(29-34(2)3)62-51(69)44(30-36-13-11-10-12-14-36)61-52(70)45-33-58-25-26-60-45/h10-22,25-26,31-35,41,44,48,67-68H,9,23-24,27-30H2,1-8H3,(H,59,71)(H,61,70)(H,62,69). The average molecular weight is 1020 g/mol. The molecule has 4 aromatic carbocycles. The fourth-order valence-corrected chi connectivity index (χ4v) is 9.60. The van der Waals surface area contributed by atoms with Gasteiger partial charge in [-0.05, 0) is 105 Å². The monoisotopic (exact) mass is 1020 g/mol. The average Bonchev–Trinajstić information content (AvgIpc) is 3.94. The number of hydrogen-bond donors (Lipinski definition) is 5. The maximum atomic E-state index is 14.2. The van der Waals surface area contributed by atoms with E-state index in [1.165, 1.54) is 24.7 Å². The molecule has 5 N–H and O–H groups in total. The van der Waals surface area contributed by atoms with Crippen LogP contribution in [0.1, 0.15) is 129 Å². The van der Waals surface area contributed by atoms with Gasteiger partial charge in [-0.3, -0.25) is 28.7 Å². The number of nitrogens with one attached hydrogen (secondary N) is 3. The lowest BCUT2D eigenvalue weighted by Crippen LogP contribution is -2.55. The summed E-state index contributed by atoms with van der Waals surface area (Å²) in [4.78, 5) is 64.6. The lowest BCUT2D eigenvalue weighted by molar-refractivity contribution is -0.123. The van der Waals surface area contributed by atoms with Crippen molar-refractivity contribution in [3.63, 3.8) is 0 Å². The summed E-state index contributed by atoms with van der Waals surface area (Å²) in [5, 5.41) is 38.7. The maximum absolute atomic E-state index is 14.2. The molecular weight excluding hydrogens is 953 g/mol. The minimum Gasteiger partial charge on any atom is -0.508 e. The molecule has 18 nitrogen and oxygen atoms in total. The second-order valence-corrected chi connectivity index (χ2v) is 20.5. The van der Waals surface area contributed by atoms with E-state index in [-0.39, 0.29) is 59.1 Å². The van der Waals surface area contributed by atoms with Crippen LogP contribution in [0.2, 0.25) is 0 Å². The Morgan fingerprint density at radius 1 is 0.840 bits per heavy atom. The van der Waals surface area contributed by atoms with E-state index in [1.807, 2.05) is 94.1 Å². The molecule has 2 fully saturated rings. The number of rotatable bonds is 18. The van der Waals surface area contributed by atoms with E-state index in [2.05, 4.69) is 50.0 Å². The molecule has 0 bridgehead atoms. The molecule has 2 aliphatic heterocycles. The number of nitrogens with zero attached hydrogens (tertiary/aromatic N) is 6. The van der Waals surface area contributed by atoms with Crippen LogP contribution in [0.3, 0.4) is 0 Å². The third-order valence-electron chi connectivity index (χ3n) is 14.0. The summed E-state index contributed by atoms with van der Waals surface area (Å²) in [5.41, 5.74) is 1.94. The number of aromatic hydroxyl groups is 2. The molecule has 0 aliphatic carbocycles. The molecule has 2 saturated heterocycles. The summed E-state index contributed by atoms with van der Waals surface area (Å²) >= 11 is 0. The molecule has 4 heterocycles. The van der Waals surface area contributed by atoms with Gasteiger partial charge in [-0.1, -0.05) is 70.2 Å². The zero-order valence-electron chi connectivity index (χ0n) is 43.7. The van der Waals surface area contributed by atoms with Crippen molar-refractivity contribution in [3.05, 3.63) is 143 Å². The molecule has 6 aromatic rings. The highest BCUT2D eigenvalue weighted by atomic mass is 16.7. The fraction of sp³-hybridized carbons (Fsp3) is 0.393. The first-order valence-corrected chi connectivity index (χ1v) is 25.6. The number of amides is 4. The van der Waals surface area contributed by atoms with Crippen molar-refractivity contribution in [2.75, 3.05) is 19.6 Å². The molecule has 0 saturated carbocycles. The van der Waals surface area contributed by atoms with E-state index in [1.54, 1.807) is 41.8 Å². The van der Waals surface area contributed by atoms with Gasteiger partial charge in [0.15, 0.2) is 5.82 Å².